The smallest absolute Gasteiger partial charge is 0.0426 e. The van der Waals surface area contributed by atoms with Crippen molar-refractivity contribution in [3.63, 3.8) is 0 Å². The summed E-state index contributed by atoms with van der Waals surface area (Å²) in [6.45, 7) is 0.983. The quantitative estimate of drug-likeness (QED) is 0.616. The summed E-state index contributed by atoms with van der Waals surface area (Å²) in [7, 11) is 0. The summed E-state index contributed by atoms with van der Waals surface area (Å²) >= 11 is 0. The first-order chi connectivity index (χ1) is 5.95. The van der Waals surface area contributed by atoms with Crippen molar-refractivity contribution in [2.75, 3.05) is 5.32 Å². The van der Waals surface area contributed by atoms with Gasteiger partial charge in [0.15, 0.2) is 0 Å². The monoisotopic (exact) mass is 155 g/mol. The van der Waals surface area contributed by atoms with Crippen molar-refractivity contribution in [1.29, 1.82) is 0 Å². The van der Waals surface area contributed by atoms with Gasteiger partial charge in [0.05, 0.1) is 0 Å². The Morgan fingerprint density at radius 2 is 1.83 bits per heavy atom. The Kier molecular flexibility index (Phi) is 1.01. The summed E-state index contributed by atoms with van der Waals surface area (Å²) in [5.41, 5.74) is 2.70. The number of rotatable bonds is 0. The maximum atomic E-state index is 3.37. The summed E-state index contributed by atoms with van der Waals surface area (Å²) in [5, 5.41) is 6.12. The maximum absolute atomic E-state index is 3.37. The van der Waals surface area contributed by atoms with E-state index in [-0.39, 0.29) is 0 Å². The van der Waals surface area contributed by atoms with Crippen molar-refractivity contribution in [1.82, 2.24) is 0 Å². The van der Waals surface area contributed by atoms with E-state index in [9.17, 15) is 0 Å². The number of benzene rings is 2. The number of nitrogens with one attached hydrogen (secondary N) is 1. The summed E-state index contributed by atoms with van der Waals surface area (Å²) in [5.74, 6) is 0. The first-order valence-electron chi connectivity index (χ1n) is 4.20. The molecule has 0 spiro atoms. The Morgan fingerprint density at radius 3 is 2.75 bits per heavy atom. The van der Waals surface area contributed by atoms with Crippen LogP contribution in [-0.2, 0) is 6.54 Å². The predicted molar refractivity (Wildman–Crippen MR) is 51.3 cm³/mol. The van der Waals surface area contributed by atoms with Crippen LogP contribution in [0.4, 0.5) is 5.69 Å². The van der Waals surface area contributed by atoms with Gasteiger partial charge in [0.25, 0.3) is 0 Å². The third-order valence-electron chi connectivity index (χ3n) is 2.46. The Bertz CT molecular complexity index is 407. The molecule has 1 heterocycles. The zero-order valence-electron chi connectivity index (χ0n) is 6.67. The molecular formula is C11H9N. The van der Waals surface area contributed by atoms with Gasteiger partial charge in [-0.15, -0.1) is 0 Å². The highest BCUT2D eigenvalue weighted by molar-refractivity contribution is 5.98. The van der Waals surface area contributed by atoms with Crippen molar-refractivity contribution < 1.29 is 0 Å². The van der Waals surface area contributed by atoms with E-state index >= 15 is 0 Å². The van der Waals surface area contributed by atoms with Gasteiger partial charge >= 0.3 is 0 Å². The van der Waals surface area contributed by atoms with E-state index in [1.165, 1.54) is 22.0 Å². The fourth-order valence-electron chi connectivity index (χ4n) is 1.90. The average molecular weight is 155 g/mol. The molecule has 0 saturated carbocycles. The molecule has 1 N–H and O–H groups in total. The lowest BCUT2D eigenvalue weighted by Crippen LogP contribution is -1.87. The van der Waals surface area contributed by atoms with Gasteiger partial charge in [0.1, 0.15) is 0 Å². The molecule has 1 nitrogen and oxygen atoms in total. The molecular weight excluding hydrogens is 146 g/mol. The topological polar surface area (TPSA) is 12.0 Å². The molecule has 58 valence electrons. The molecule has 2 aromatic carbocycles. The minimum Gasteiger partial charge on any atom is -0.380 e. The van der Waals surface area contributed by atoms with Gasteiger partial charge in [-0.05, 0) is 17.0 Å². The molecule has 0 unspecified atom stereocenters. The number of anilines is 1. The van der Waals surface area contributed by atoms with E-state index in [0.717, 1.165) is 6.54 Å². The second-order valence-electron chi connectivity index (χ2n) is 3.17. The van der Waals surface area contributed by atoms with Crippen LogP contribution in [0.1, 0.15) is 5.56 Å². The Labute approximate surface area is 71.0 Å². The summed E-state index contributed by atoms with van der Waals surface area (Å²) < 4.78 is 0. The van der Waals surface area contributed by atoms with Crippen molar-refractivity contribution in [3.05, 3.63) is 42.0 Å². The third-order valence-corrected chi connectivity index (χ3v) is 2.46. The van der Waals surface area contributed by atoms with Crippen LogP contribution in [0.5, 0.6) is 0 Å². The molecule has 1 aliphatic heterocycles. The van der Waals surface area contributed by atoms with Crippen molar-refractivity contribution in [2.45, 2.75) is 6.54 Å². The molecule has 0 aliphatic carbocycles. The largest absolute Gasteiger partial charge is 0.380 e. The zero-order valence-corrected chi connectivity index (χ0v) is 6.67. The lowest BCUT2D eigenvalue weighted by Gasteiger charge is -1.98. The molecule has 0 aromatic heterocycles. The molecule has 0 atom stereocenters. The van der Waals surface area contributed by atoms with Gasteiger partial charge in [0.2, 0.25) is 0 Å². The SMILES string of the molecule is c1cc2c3c(cccc3c1)NC2. The second-order valence-corrected chi connectivity index (χ2v) is 3.17. The Morgan fingerprint density at radius 1 is 1.00 bits per heavy atom. The van der Waals surface area contributed by atoms with Gasteiger partial charge < -0.3 is 5.32 Å². The van der Waals surface area contributed by atoms with Crippen LogP contribution in [0.2, 0.25) is 0 Å². The fourth-order valence-corrected chi connectivity index (χ4v) is 1.90. The lowest BCUT2D eigenvalue weighted by molar-refractivity contribution is 1.22. The van der Waals surface area contributed by atoms with E-state index in [0.29, 0.717) is 0 Å². The lowest BCUT2D eigenvalue weighted by atomic mass is 10.1. The first kappa shape index (κ1) is 6.06. The van der Waals surface area contributed by atoms with Gasteiger partial charge in [-0.25, -0.2) is 0 Å². The van der Waals surface area contributed by atoms with Crippen molar-refractivity contribution >= 4 is 16.5 Å². The molecule has 0 fully saturated rings. The van der Waals surface area contributed by atoms with Crippen LogP contribution in [0, 0.1) is 0 Å². The van der Waals surface area contributed by atoms with Gasteiger partial charge in [-0.3, -0.25) is 0 Å². The minimum atomic E-state index is 0.983. The van der Waals surface area contributed by atoms with Gasteiger partial charge in [-0.1, -0.05) is 30.3 Å². The Hall–Kier alpha value is -1.50. The molecule has 1 aliphatic rings. The van der Waals surface area contributed by atoms with Crippen LogP contribution < -0.4 is 5.32 Å². The van der Waals surface area contributed by atoms with Crippen LogP contribution in [0.25, 0.3) is 10.8 Å². The molecule has 12 heavy (non-hydrogen) atoms. The number of hydrogen-bond donors (Lipinski definition) is 1. The molecule has 2 aromatic rings. The van der Waals surface area contributed by atoms with Gasteiger partial charge in [0, 0.05) is 17.6 Å². The summed E-state index contributed by atoms with van der Waals surface area (Å²) in [6, 6.07) is 12.9. The van der Waals surface area contributed by atoms with Crippen LogP contribution >= 0.6 is 0 Å². The zero-order chi connectivity index (χ0) is 7.97. The van der Waals surface area contributed by atoms with E-state index in [4.69, 9.17) is 0 Å². The van der Waals surface area contributed by atoms with Gasteiger partial charge in [-0.2, -0.15) is 0 Å². The normalized spacial score (nSPS) is 13.3. The van der Waals surface area contributed by atoms with E-state index in [2.05, 4.69) is 41.7 Å². The maximum Gasteiger partial charge on any atom is 0.0426 e. The van der Waals surface area contributed by atoms with Crippen molar-refractivity contribution in [2.24, 2.45) is 0 Å². The molecule has 1 heteroatoms. The van der Waals surface area contributed by atoms with E-state index < -0.39 is 0 Å². The van der Waals surface area contributed by atoms with Crippen LogP contribution in [0.3, 0.4) is 0 Å². The fraction of sp³-hybridized carbons (Fsp3) is 0.0909. The molecule has 0 radical (unpaired) electrons. The molecule has 0 amide bonds. The van der Waals surface area contributed by atoms with E-state index in [1.807, 2.05) is 0 Å². The Balaban J connectivity index is 2.58. The highest BCUT2D eigenvalue weighted by Gasteiger charge is 2.11. The predicted octanol–water partition coefficient (Wildman–Crippen LogP) is 2.77. The highest BCUT2D eigenvalue weighted by Crippen LogP contribution is 2.32. The second kappa shape index (κ2) is 2.01. The first-order valence-corrected chi connectivity index (χ1v) is 4.20. The van der Waals surface area contributed by atoms with Crippen LogP contribution in [-0.4, -0.2) is 0 Å². The summed E-state index contributed by atoms with van der Waals surface area (Å²) in [4.78, 5) is 0. The molecule has 0 bridgehead atoms. The molecule has 3 rings (SSSR count). The van der Waals surface area contributed by atoms with Crippen molar-refractivity contribution in [3.8, 4) is 0 Å². The highest BCUT2D eigenvalue weighted by atomic mass is 14.9. The van der Waals surface area contributed by atoms with Crippen LogP contribution in [0.15, 0.2) is 36.4 Å². The third kappa shape index (κ3) is 0.632. The number of hydrogen-bond acceptors (Lipinski definition) is 1. The average Bonchev–Trinajstić information content (AvgIpc) is 2.52. The summed E-state index contributed by atoms with van der Waals surface area (Å²) in [6.07, 6.45) is 0. The molecule has 0 saturated heterocycles. The minimum absolute atomic E-state index is 0.983. The van der Waals surface area contributed by atoms with E-state index in [1.54, 1.807) is 0 Å². The standard InChI is InChI=1S/C11H9N/c1-3-8-4-2-6-10-11(8)9(5-1)7-12-10/h1-6,12H,7H2.